The van der Waals surface area contributed by atoms with Gasteiger partial charge in [0.2, 0.25) is 5.89 Å². The van der Waals surface area contributed by atoms with Crippen LogP contribution in [-0.4, -0.2) is 21.4 Å². The molecule has 0 aliphatic carbocycles. The van der Waals surface area contributed by atoms with Crippen molar-refractivity contribution in [1.29, 1.82) is 0 Å². The summed E-state index contributed by atoms with van der Waals surface area (Å²) in [5.41, 5.74) is 2.11. The molecular weight excluding hydrogens is 362 g/mol. The standard InChI is InChI=1S/C20H19N3OS2/c1-2-8-17-15(6-1)22-20(26-17)16-7-3-4-10-23(16)12-14-13-24-19(21-14)18-9-5-11-25-18/h1-2,5-6,8-9,11,13,16H,3-4,7,10,12H2. The number of piperidine rings is 1. The molecule has 0 radical (unpaired) electrons. The highest BCUT2D eigenvalue weighted by Crippen LogP contribution is 2.36. The van der Waals surface area contributed by atoms with Gasteiger partial charge in [-0.25, -0.2) is 9.97 Å². The first kappa shape index (κ1) is 16.2. The minimum Gasteiger partial charge on any atom is -0.444 e. The molecule has 0 saturated carbocycles. The fraction of sp³-hybridized carbons (Fsp3) is 0.300. The minimum atomic E-state index is 0.378. The molecule has 1 saturated heterocycles. The highest BCUT2D eigenvalue weighted by Gasteiger charge is 2.27. The van der Waals surface area contributed by atoms with Crippen LogP contribution in [0.15, 0.2) is 52.5 Å². The summed E-state index contributed by atoms with van der Waals surface area (Å²) in [6.07, 6.45) is 5.46. The van der Waals surface area contributed by atoms with Crippen LogP contribution in [0.5, 0.6) is 0 Å². The van der Waals surface area contributed by atoms with Crippen LogP contribution in [0.4, 0.5) is 0 Å². The molecule has 0 bridgehead atoms. The Labute approximate surface area is 160 Å². The minimum absolute atomic E-state index is 0.378. The average molecular weight is 382 g/mol. The number of nitrogens with zero attached hydrogens (tertiary/aromatic N) is 3. The van der Waals surface area contributed by atoms with Crippen LogP contribution < -0.4 is 0 Å². The molecule has 4 heterocycles. The molecule has 4 aromatic rings. The van der Waals surface area contributed by atoms with E-state index in [1.54, 1.807) is 17.6 Å². The van der Waals surface area contributed by atoms with Gasteiger partial charge < -0.3 is 4.42 Å². The molecule has 1 atom stereocenters. The van der Waals surface area contributed by atoms with Gasteiger partial charge in [-0.15, -0.1) is 22.7 Å². The van der Waals surface area contributed by atoms with E-state index in [0.29, 0.717) is 6.04 Å². The van der Waals surface area contributed by atoms with E-state index in [9.17, 15) is 0 Å². The van der Waals surface area contributed by atoms with Gasteiger partial charge in [-0.05, 0) is 43.0 Å². The summed E-state index contributed by atoms with van der Waals surface area (Å²) in [7, 11) is 0. The maximum Gasteiger partial charge on any atom is 0.236 e. The number of thiophene rings is 1. The first-order valence-electron chi connectivity index (χ1n) is 8.94. The predicted octanol–water partition coefficient (Wildman–Crippen LogP) is 5.74. The molecule has 1 aromatic carbocycles. The average Bonchev–Trinajstić information content (AvgIpc) is 3.42. The van der Waals surface area contributed by atoms with E-state index in [-0.39, 0.29) is 0 Å². The van der Waals surface area contributed by atoms with Gasteiger partial charge in [-0.2, -0.15) is 0 Å². The predicted molar refractivity (Wildman–Crippen MR) is 106 cm³/mol. The number of likely N-dealkylation sites (tertiary alicyclic amines) is 1. The molecule has 0 spiro atoms. The summed E-state index contributed by atoms with van der Waals surface area (Å²) in [6, 6.07) is 12.9. The van der Waals surface area contributed by atoms with Gasteiger partial charge in [0.15, 0.2) is 0 Å². The zero-order chi connectivity index (χ0) is 17.3. The van der Waals surface area contributed by atoms with E-state index in [2.05, 4.69) is 29.2 Å². The third-order valence-electron chi connectivity index (χ3n) is 4.86. The first-order valence-corrected chi connectivity index (χ1v) is 10.6. The van der Waals surface area contributed by atoms with Crippen molar-refractivity contribution in [3.05, 3.63) is 58.7 Å². The van der Waals surface area contributed by atoms with Crippen molar-refractivity contribution >= 4 is 32.9 Å². The lowest BCUT2D eigenvalue weighted by molar-refractivity contribution is 0.138. The van der Waals surface area contributed by atoms with Crippen LogP contribution in [0.2, 0.25) is 0 Å². The van der Waals surface area contributed by atoms with Crippen LogP contribution in [-0.2, 0) is 6.54 Å². The van der Waals surface area contributed by atoms with Crippen LogP contribution in [0.25, 0.3) is 21.0 Å². The Morgan fingerprint density at radius 3 is 2.96 bits per heavy atom. The summed E-state index contributed by atoms with van der Waals surface area (Å²) in [6.45, 7) is 1.90. The smallest absolute Gasteiger partial charge is 0.236 e. The normalized spacial score (nSPS) is 18.5. The SMILES string of the molecule is c1csc(-c2nc(CN3CCCCC3c3nc4ccccc4s3)co2)c1. The van der Waals surface area contributed by atoms with Crippen LogP contribution in [0.1, 0.15) is 36.0 Å². The van der Waals surface area contributed by atoms with Crippen molar-refractivity contribution in [2.45, 2.75) is 31.8 Å². The van der Waals surface area contributed by atoms with Crippen molar-refractivity contribution in [2.24, 2.45) is 0 Å². The Hall–Kier alpha value is -2.02. The van der Waals surface area contributed by atoms with E-state index < -0.39 is 0 Å². The zero-order valence-electron chi connectivity index (χ0n) is 14.3. The van der Waals surface area contributed by atoms with Gasteiger partial charge in [0.25, 0.3) is 0 Å². The largest absolute Gasteiger partial charge is 0.444 e. The second kappa shape index (κ2) is 6.95. The van der Waals surface area contributed by atoms with E-state index in [1.165, 1.54) is 22.5 Å². The molecule has 4 nitrogen and oxygen atoms in total. The number of para-hydroxylation sites is 1. The number of hydrogen-bond acceptors (Lipinski definition) is 6. The fourth-order valence-corrected chi connectivity index (χ4v) is 5.39. The lowest BCUT2D eigenvalue weighted by atomic mass is 10.0. The van der Waals surface area contributed by atoms with E-state index >= 15 is 0 Å². The Morgan fingerprint density at radius 2 is 2.08 bits per heavy atom. The summed E-state index contributed by atoms with van der Waals surface area (Å²) < 4.78 is 6.97. The Bertz CT molecular complexity index is 972. The molecule has 5 rings (SSSR count). The van der Waals surface area contributed by atoms with Crippen LogP contribution in [0, 0.1) is 0 Å². The summed E-state index contributed by atoms with van der Waals surface area (Å²) in [5, 5.41) is 3.28. The van der Waals surface area contributed by atoms with Crippen molar-refractivity contribution < 1.29 is 4.42 Å². The van der Waals surface area contributed by atoms with Gasteiger partial charge in [0.05, 0.1) is 26.8 Å². The van der Waals surface area contributed by atoms with Gasteiger partial charge in [-0.3, -0.25) is 4.90 Å². The number of rotatable bonds is 4. The van der Waals surface area contributed by atoms with Crippen molar-refractivity contribution in [1.82, 2.24) is 14.9 Å². The van der Waals surface area contributed by atoms with Crippen molar-refractivity contribution in [3.8, 4) is 10.8 Å². The quantitative estimate of drug-likeness (QED) is 0.452. The van der Waals surface area contributed by atoms with Crippen LogP contribution >= 0.6 is 22.7 Å². The second-order valence-corrected chi connectivity index (χ2v) is 8.63. The molecule has 0 amide bonds. The third-order valence-corrected chi connectivity index (χ3v) is 6.85. The van der Waals surface area contributed by atoms with E-state index in [0.717, 1.165) is 41.5 Å². The highest BCUT2D eigenvalue weighted by atomic mass is 32.1. The summed E-state index contributed by atoms with van der Waals surface area (Å²) in [4.78, 5) is 13.2. The van der Waals surface area contributed by atoms with E-state index in [4.69, 9.17) is 14.4 Å². The number of oxazole rings is 1. The number of thiazole rings is 1. The van der Waals surface area contributed by atoms with Gasteiger partial charge in [0, 0.05) is 6.54 Å². The van der Waals surface area contributed by atoms with E-state index in [1.807, 2.05) is 28.8 Å². The molecule has 6 heteroatoms. The Balaban J connectivity index is 1.39. The molecule has 1 unspecified atom stereocenters. The first-order chi connectivity index (χ1) is 12.9. The Morgan fingerprint density at radius 1 is 1.12 bits per heavy atom. The van der Waals surface area contributed by atoms with Crippen LogP contribution in [0.3, 0.4) is 0 Å². The third kappa shape index (κ3) is 3.09. The highest BCUT2D eigenvalue weighted by molar-refractivity contribution is 7.18. The molecule has 0 N–H and O–H groups in total. The number of benzene rings is 1. The molecule has 3 aromatic heterocycles. The van der Waals surface area contributed by atoms with Gasteiger partial charge in [0.1, 0.15) is 11.3 Å². The van der Waals surface area contributed by atoms with Crippen molar-refractivity contribution in [2.75, 3.05) is 6.54 Å². The van der Waals surface area contributed by atoms with Gasteiger partial charge in [-0.1, -0.05) is 24.6 Å². The molecule has 26 heavy (non-hydrogen) atoms. The molecule has 1 aliphatic heterocycles. The number of hydrogen-bond donors (Lipinski definition) is 0. The molecular formula is C20H19N3OS2. The molecule has 1 aliphatic rings. The number of fused-ring (bicyclic) bond motifs is 1. The maximum atomic E-state index is 5.70. The second-order valence-electron chi connectivity index (χ2n) is 6.62. The molecule has 132 valence electrons. The Kier molecular flexibility index (Phi) is 4.32. The topological polar surface area (TPSA) is 42.2 Å². The zero-order valence-corrected chi connectivity index (χ0v) is 15.9. The summed E-state index contributed by atoms with van der Waals surface area (Å²) in [5.74, 6) is 0.726. The fourth-order valence-electron chi connectivity index (χ4n) is 3.59. The monoisotopic (exact) mass is 381 g/mol. The molecule has 1 fully saturated rings. The summed E-state index contributed by atoms with van der Waals surface area (Å²) >= 11 is 3.48. The maximum absolute atomic E-state index is 5.70. The number of aromatic nitrogens is 2. The van der Waals surface area contributed by atoms with Gasteiger partial charge >= 0.3 is 0 Å². The lowest BCUT2D eigenvalue weighted by Gasteiger charge is -2.33. The van der Waals surface area contributed by atoms with Crippen molar-refractivity contribution in [3.63, 3.8) is 0 Å². The lowest BCUT2D eigenvalue weighted by Crippen LogP contribution is -2.33.